The molecule has 2 atom stereocenters. The first-order valence-corrected chi connectivity index (χ1v) is 5.21. The summed E-state index contributed by atoms with van der Waals surface area (Å²) in [7, 11) is 0. The Balaban J connectivity index is 2.08. The van der Waals surface area contributed by atoms with Crippen LogP contribution in [-0.2, 0) is 4.79 Å². The van der Waals surface area contributed by atoms with Crippen LogP contribution in [0.3, 0.4) is 0 Å². The smallest absolute Gasteiger partial charge is 0.307 e. The van der Waals surface area contributed by atoms with Crippen LogP contribution >= 0.6 is 0 Å². The number of fused-ring (bicyclic) bond motifs is 1. The van der Waals surface area contributed by atoms with Gasteiger partial charge in [-0.25, -0.2) is 9.50 Å². The van der Waals surface area contributed by atoms with Gasteiger partial charge in [0.1, 0.15) is 5.82 Å². The van der Waals surface area contributed by atoms with Crippen LogP contribution in [0, 0.1) is 12.8 Å². The van der Waals surface area contributed by atoms with Gasteiger partial charge in [-0.1, -0.05) is 6.07 Å². The van der Waals surface area contributed by atoms with E-state index in [-0.39, 0.29) is 11.8 Å². The molecule has 1 aliphatic carbocycles. The highest BCUT2D eigenvalue weighted by Gasteiger charge is 2.45. The van der Waals surface area contributed by atoms with Crippen molar-refractivity contribution in [3.63, 3.8) is 0 Å². The normalized spacial score (nSPS) is 23.6. The van der Waals surface area contributed by atoms with Gasteiger partial charge < -0.3 is 5.11 Å². The van der Waals surface area contributed by atoms with Gasteiger partial charge in [0.05, 0.1) is 5.92 Å². The zero-order valence-electron chi connectivity index (χ0n) is 8.79. The molecule has 5 heteroatoms. The molecule has 82 valence electrons. The van der Waals surface area contributed by atoms with Crippen LogP contribution in [0.2, 0.25) is 0 Å². The van der Waals surface area contributed by atoms with Crippen molar-refractivity contribution >= 4 is 11.6 Å². The molecule has 0 aliphatic heterocycles. The second kappa shape index (κ2) is 3.04. The van der Waals surface area contributed by atoms with E-state index in [4.69, 9.17) is 5.11 Å². The van der Waals surface area contributed by atoms with Crippen molar-refractivity contribution < 1.29 is 9.90 Å². The summed E-state index contributed by atoms with van der Waals surface area (Å²) in [5.74, 6) is -0.156. The SMILES string of the molecule is Cc1nc2c(C3CC3C(=O)O)cccn2n1. The van der Waals surface area contributed by atoms with Crippen molar-refractivity contribution in [1.29, 1.82) is 0 Å². The third kappa shape index (κ3) is 1.28. The minimum absolute atomic E-state index is 0.102. The number of nitrogens with zero attached hydrogens (tertiary/aromatic N) is 3. The fraction of sp³-hybridized carbons (Fsp3) is 0.364. The zero-order chi connectivity index (χ0) is 11.3. The van der Waals surface area contributed by atoms with Gasteiger partial charge in [0, 0.05) is 17.7 Å². The standard InChI is InChI=1S/C11H11N3O2/c1-6-12-10-7(3-2-4-14(10)13-6)8-5-9(8)11(15)16/h2-4,8-9H,5H2,1H3,(H,15,16). The molecule has 0 bridgehead atoms. The van der Waals surface area contributed by atoms with E-state index in [2.05, 4.69) is 10.1 Å². The van der Waals surface area contributed by atoms with Gasteiger partial charge in [-0.2, -0.15) is 5.10 Å². The highest BCUT2D eigenvalue weighted by atomic mass is 16.4. The molecule has 3 rings (SSSR count). The molecular formula is C11H11N3O2. The van der Waals surface area contributed by atoms with E-state index in [1.54, 1.807) is 4.52 Å². The summed E-state index contributed by atoms with van der Waals surface area (Å²) < 4.78 is 1.71. The van der Waals surface area contributed by atoms with Crippen LogP contribution in [0.1, 0.15) is 23.7 Å². The Morgan fingerprint density at radius 3 is 3.12 bits per heavy atom. The largest absolute Gasteiger partial charge is 0.481 e. The number of hydrogen-bond donors (Lipinski definition) is 1. The third-order valence-electron chi connectivity index (χ3n) is 3.01. The van der Waals surface area contributed by atoms with Gasteiger partial charge in [0.2, 0.25) is 0 Å². The van der Waals surface area contributed by atoms with Crippen LogP contribution < -0.4 is 0 Å². The summed E-state index contributed by atoms with van der Waals surface area (Å²) in [5.41, 5.74) is 1.78. The van der Waals surface area contributed by atoms with E-state index in [1.165, 1.54) is 0 Å². The molecule has 0 saturated heterocycles. The highest BCUT2D eigenvalue weighted by Crippen LogP contribution is 2.48. The van der Waals surface area contributed by atoms with E-state index in [0.29, 0.717) is 12.2 Å². The number of aromatic nitrogens is 3. The van der Waals surface area contributed by atoms with E-state index in [1.807, 2.05) is 25.3 Å². The summed E-state index contributed by atoms with van der Waals surface area (Å²) in [6, 6.07) is 3.82. The zero-order valence-corrected chi connectivity index (χ0v) is 8.79. The highest BCUT2D eigenvalue weighted by molar-refractivity contribution is 5.76. The molecule has 5 nitrogen and oxygen atoms in total. The minimum Gasteiger partial charge on any atom is -0.481 e. The molecule has 0 aromatic carbocycles. The Morgan fingerprint density at radius 1 is 1.62 bits per heavy atom. The Bertz CT molecular complexity index is 576. The maximum Gasteiger partial charge on any atom is 0.307 e. The first-order valence-electron chi connectivity index (χ1n) is 5.21. The molecule has 2 aromatic heterocycles. The van der Waals surface area contributed by atoms with Crippen molar-refractivity contribution in [2.45, 2.75) is 19.3 Å². The topological polar surface area (TPSA) is 67.5 Å². The van der Waals surface area contributed by atoms with Crippen LogP contribution in [-0.4, -0.2) is 25.7 Å². The number of pyridine rings is 1. The van der Waals surface area contributed by atoms with Crippen LogP contribution in [0.4, 0.5) is 0 Å². The summed E-state index contributed by atoms with van der Waals surface area (Å²) in [6.07, 6.45) is 2.54. The van der Waals surface area contributed by atoms with Crippen molar-refractivity contribution in [2.24, 2.45) is 5.92 Å². The number of rotatable bonds is 2. The summed E-state index contributed by atoms with van der Waals surface area (Å²) in [6.45, 7) is 1.83. The fourth-order valence-corrected chi connectivity index (χ4v) is 2.13. The van der Waals surface area contributed by atoms with Crippen molar-refractivity contribution in [3.8, 4) is 0 Å². The quantitative estimate of drug-likeness (QED) is 0.821. The lowest BCUT2D eigenvalue weighted by atomic mass is 10.1. The van der Waals surface area contributed by atoms with Crippen LogP contribution in [0.5, 0.6) is 0 Å². The third-order valence-corrected chi connectivity index (χ3v) is 3.01. The number of carboxylic acid groups (broad SMARTS) is 1. The number of hydrogen-bond acceptors (Lipinski definition) is 3. The average Bonchev–Trinajstić information content (AvgIpc) is 2.93. The first kappa shape index (κ1) is 9.33. The van der Waals surface area contributed by atoms with Gasteiger partial charge in [-0.15, -0.1) is 0 Å². The van der Waals surface area contributed by atoms with Gasteiger partial charge in [0.15, 0.2) is 5.65 Å². The molecule has 0 amide bonds. The molecule has 1 saturated carbocycles. The van der Waals surface area contributed by atoms with Gasteiger partial charge in [-0.3, -0.25) is 4.79 Å². The lowest BCUT2D eigenvalue weighted by Crippen LogP contribution is -2.00. The molecule has 2 unspecified atom stereocenters. The second-order valence-corrected chi connectivity index (χ2v) is 4.18. The van der Waals surface area contributed by atoms with Crippen molar-refractivity contribution in [2.75, 3.05) is 0 Å². The Labute approximate surface area is 91.7 Å². The molecule has 0 radical (unpaired) electrons. The van der Waals surface area contributed by atoms with E-state index < -0.39 is 5.97 Å². The van der Waals surface area contributed by atoms with Crippen molar-refractivity contribution in [3.05, 3.63) is 29.7 Å². The average molecular weight is 217 g/mol. The van der Waals surface area contributed by atoms with E-state index >= 15 is 0 Å². The van der Waals surface area contributed by atoms with Crippen LogP contribution in [0.15, 0.2) is 18.3 Å². The Hall–Kier alpha value is -1.91. The summed E-state index contributed by atoms with van der Waals surface area (Å²) in [4.78, 5) is 15.2. The second-order valence-electron chi connectivity index (χ2n) is 4.18. The minimum atomic E-state index is -0.719. The number of carbonyl (C=O) groups is 1. The van der Waals surface area contributed by atoms with Gasteiger partial charge in [0.25, 0.3) is 0 Å². The monoisotopic (exact) mass is 217 g/mol. The maximum absolute atomic E-state index is 10.8. The number of aryl methyl sites for hydroxylation is 1. The lowest BCUT2D eigenvalue weighted by Gasteiger charge is -1.99. The first-order chi connectivity index (χ1) is 7.66. The Morgan fingerprint density at radius 2 is 2.44 bits per heavy atom. The van der Waals surface area contributed by atoms with Gasteiger partial charge in [-0.05, 0) is 19.4 Å². The number of carboxylic acids is 1. The van der Waals surface area contributed by atoms with Crippen LogP contribution in [0.25, 0.3) is 5.65 Å². The summed E-state index contributed by atoms with van der Waals surface area (Å²) in [5, 5.41) is 13.1. The molecule has 0 spiro atoms. The maximum atomic E-state index is 10.8. The number of aliphatic carboxylic acids is 1. The predicted molar refractivity (Wildman–Crippen MR) is 56.2 cm³/mol. The molecular weight excluding hydrogens is 206 g/mol. The predicted octanol–water partition coefficient (Wildman–Crippen LogP) is 1.23. The fourth-order valence-electron chi connectivity index (χ4n) is 2.13. The molecule has 1 fully saturated rings. The molecule has 2 heterocycles. The Kier molecular flexibility index (Phi) is 1.77. The lowest BCUT2D eigenvalue weighted by molar-refractivity contribution is -0.138. The summed E-state index contributed by atoms with van der Waals surface area (Å²) >= 11 is 0. The molecule has 1 N–H and O–H groups in total. The molecule has 2 aromatic rings. The van der Waals surface area contributed by atoms with Gasteiger partial charge >= 0.3 is 5.97 Å². The van der Waals surface area contributed by atoms with E-state index in [9.17, 15) is 4.79 Å². The molecule has 1 aliphatic rings. The van der Waals surface area contributed by atoms with E-state index in [0.717, 1.165) is 11.2 Å². The van der Waals surface area contributed by atoms with Crippen molar-refractivity contribution in [1.82, 2.24) is 14.6 Å². The molecule has 16 heavy (non-hydrogen) atoms.